The van der Waals surface area contributed by atoms with Crippen LogP contribution in [-0.2, 0) is 14.8 Å². The second-order valence-corrected chi connectivity index (χ2v) is 9.49. The number of nitrogens with one attached hydrogen (secondary N) is 1. The molecular weight excluding hydrogens is 418 g/mol. The molecule has 1 N–H and O–H groups in total. The molecule has 1 unspecified atom stereocenters. The smallest absolute Gasteiger partial charge is 0.271 e. The maximum Gasteiger partial charge on any atom is 0.271 e. The summed E-state index contributed by atoms with van der Waals surface area (Å²) in [6, 6.07) is 11.4. The highest BCUT2D eigenvalue weighted by Gasteiger charge is 2.20. The normalized spacial score (nSPS) is 12.3. The molecule has 0 saturated heterocycles. The third-order valence-electron chi connectivity index (χ3n) is 5.17. The fourth-order valence-electron chi connectivity index (χ4n) is 3.30. The molecule has 9 heteroatoms. The van der Waals surface area contributed by atoms with Gasteiger partial charge in [-0.05, 0) is 49.4 Å². The summed E-state index contributed by atoms with van der Waals surface area (Å²) in [5.41, 5.74) is 3.40. The number of hydrogen-bond acceptors (Lipinski definition) is 5. The van der Waals surface area contributed by atoms with Crippen molar-refractivity contribution in [3.63, 3.8) is 0 Å². The van der Waals surface area contributed by atoms with Crippen LogP contribution in [0.4, 0.5) is 11.4 Å². The SMILES string of the molecule is CCC(NC(=O)CCCN(c1cccc([N+](=O)[O-])c1)S(C)(=O)=O)c1ccc(C)c(C)c1. The van der Waals surface area contributed by atoms with Crippen LogP contribution in [0.5, 0.6) is 0 Å². The van der Waals surface area contributed by atoms with Gasteiger partial charge in [0.05, 0.1) is 22.9 Å². The second kappa shape index (κ2) is 10.4. The quantitative estimate of drug-likeness (QED) is 0.437. The van der Waals surface area contributed by atoms with Crippen molar-refractivity contribution in [2.45, 2.75) is 46.1 Å². The van der Waals surface area contributed by atoms with Gasteiger partial charge in [-0.15, -0.1) is 0 Å². The molecular formula is C22H29N3O5S. The van der Waals surface area contributed by atoms with Crippen LogP contribution in [0.15, 0.2) is 42.5 Å². The van der Waals surface area contributed by atoms with E-state index in [1.807, 2.05) is 32.9 Å². The van der Waals surface area contributed by atoms with Crippen molar-refractivity contribution in [3.05, 3.63) is 69.3 Å². The number of aryl methyl sites for hydroxylation is 2. The van der Waals surface area contributed by atoms with Crippen molar-refractivity contribution in [1.29, 1.82) is 0 Å². The van der Waals surface area contributed by atoms with E-state index >= 15 is 0 Å². The van der Waals surface area contributed by atoms with Crippen molar-refractivity contribution in [1.82, 2.24) is 5.32 Å². The Morgan fingerprint density at radius 2 is 1.87 bits per heavy atom. The summed E-state index contributed by atoms with van der Waals surface area (Å²) in [5.74, 6) is -0.169. The first-order valence-corrected chi connectivity index (χ1v) is 12.0. The topological polar surface area (TPSA) is 110 Å². The van der Waals surface area contributed by atoms with Gasteiger partial charge in [-0.1, -0.05) is 31.2 Å². The zero-order chi connectivity index (χ0) is 23.2. The van der Waals surface area contributed by atoms with Gasteiger partial charge in [0.15, 0.2) is 0 Å². The molecule has 31 heavy (non-hydrogen) atoms. The Bertz CT molecular complexity index is 1050. The lowest BCUT2D eigenvalue weighted by molar-refractivity contribution is -0.384. The lowest BCUT2D eigenvalue weighted by Crippen LogP contribution is -2.33. The van der Waals surface area contributed by atoms with Crippen molar-refractivity contribution in [2.75, 3.05) is 17.1 Å². The molecule has 0 spiro atoms. The van der Waals surface area contributed by atoms with Crippen LogP contribution in [0.2, 0.25) is 0 Å². The fourth-order valence-corrected chi connectivity index (χ4v) is 4.26. The number of hydrogen-bond donors (Lipinski definition) is 1. The van der Waals surface area contributed by atoms with Gasteiger partial charge in [-0.25, -0.2) is 8.42 Å². The molecule has 168 valence electrons. The number of carbonyl (C=O) groups is 1. The summed E-state index contributed by atoms with van der Waals surface area (Å²) >= 11 is 0. The zero-order valence-electron chi connectivity index (χ0n) is 18.3. The van der Waals surface area contributed by atoms with Crippen LogP contribution in [0.1, 0.15) is 48.9 Å². The average Bonchev–Trinajstić information content (AvgIpc) is 2.70. The number of nitrogens with zero attached hydrogens (tertiary/aromatic N) is 2. The number of benzene rings is 2. The number of carbonyl (C=O) groups excluding carboxylic acids is 1. The van der Waals surface area contributed by atoms with Crippen molar-refractivity contribution in [3.8, 4) is 0 Å². The van der Waals surface area contributed by atoms with Gasteiger partial charge in [-0.3, -0.25) is 19.2 Å². The van der Waals surface area contributed by atoms with Gasteiger partial charge in [0.1, 0.15) is 0 Å². The van der Waals surface area contributed by atoms with E-state index in [1.54, 1.807) is 0 Å². The Balaban J connectivity index is 2.03. The number of amides is 1. The monoisotopic (exact) mass is 447 g/mol. The van der Waals surface area contributed by atoms with Crippen LogP contribution in [0, 0.1) is 24.0 Å². The number of non-ortho nitro benzene ring substituents is 1. The van der Waals surface area contributed by atoms with Crippen LogP contribution in [0.25, 0.3) is 0 Å². The van der Waals surface area contributed by atoms with Crippen LogP contribution < -0.4 is 9.62 Å². The van der Waals surface area contributed by atoms with Crippen molar-refractivity contribution >= 4 is 27.3 Å². The summed E-state index contributed by atoms with van der Waals surface area (Å²) < 4.78 is 25.5. The van der Waals surface area contributed by atoms with E-state index in [4.69, 9.17) is 0 Å². The highest BCUT2D eigenvalue weighted by atomic mass is 32.2. The molecule has 0 aliphatic carbocycles. The number of nitro benzene ring substituents is 1. The van der Waals surface area contributed by atoms with E-state index in [1.165, 1.54) is 29.8 Å². The third-order valence-corrected chi connectivity index (χ3v) is 6.36. The molecule has 1 amide bonds. The summed E-state index contributed by atoms with van der Waals surface area (Å²) in [6.45, 7) is 6.11. The van der Waals surface area contributed by atoms with E-state index in [9.17, 15) is 23.3 Å². The van der Waals surface area contributed by atoms with E-state index in [-0.39, 0.29) is 42.7 Å². The largest absolute Gasteiger partial charge is 0.349 e. The molecule has 0 fully saturated rings. The molecule has 2 aromatic carbocycles. The van der Waals surface area contributed by atoms with Crippen molar-refractivity contribution in [2.24, 2.45) is 0 Å². The Hall–Kier alpha value is -2.94. The van der Waals surface area contributed by atoms with Gasteiger partial charge < -0.3 is 5.32 Å². The van der Waals surface area contributed by atoms with E-state index in [0.29, 0.717) is 0 Å². The summed E-state index contributed by atoms with van der Waals surface area (Å²) in [6.07, 6.45) is 2.20. The summed E-state index contributed by atoms with van der Waals surface area (Å²) in [5, 5.41) is 14.0. The molecule has 8 nitrogen and oxygen atoms in total. The minimum atomic E-state index is -3.66. The highest BCUT2D eigenvalue weighted by molar-refractivity contribution is 7.92. The number of nitro groups is 1. The maximum absolute atomic E-state index is 12.5. The Kier molecular flexibility index (Phi) is 8.15. The number of anilines is 1. The molecule has 0 aliphatic heterocycles. The van der Waals surface area contributed by atoms with Gasteiger partial charge in [0.2, 0.25) is 15.9 Å². The van der Waals surface area contributed by atoms with Gasteiger partial charge >= 0.3 is 0 Å². The van der Waals surface area contributed by atoms with E-state index in [2.05, 4.69) is 11.4 Å². The molecule has 0 aliphatic rings. The Morgan fingerprint density at radius 3 is 2.45 bits per heavy atom. The predicted octanol–water partition coefficient (Wildman–Crippen LogP) is 4.03. The van der Waals surface area contributed by atoms with Crippen molar-refractivity contribution < 1.29 is 18.1 Å². The first-order valence-electron chi connectivity index (χ1n) is 10.1. The summed E-state index contributed by atoms with van der Waals surface area (Å²) in [4.78, 5) is 22.9. The third kappa shape index (κ3) is 6.78. The number of rotatable bonds is 10. The van der Waals surface area contributed by atoms with Gasteiger partial charge in [0.25, 0.3) is 5.69 Å². The van der Waals surface area contributed by atoms with Gasteiger partial charge in [0, 0.05) is 25.1 Å². The minimum absolute atomic E-state index is 0.0495. The predicted molar refractivity (Wildman–Crippen MR) is 122 cm³/mol. The van der Waals surface area contributed by atoms with Crippen LogP contribution in [-0.4, -0.2) is 32.0 Å². The van der Waals surface area contributed by atoms with E-state index < -0.39 is 14.9 Å². The molecule has 0 heterocycles. The molecule has 0 aromatic heterocycles. The molecule has 2 rings (SSSR count). The summed E-state index contributed by atoms with van der Waals surface area (Å²) in [7, 11) is -3.66. The zero-order valence-corrected chi connectivity index (χ0v) is 19.1. The Labute approximate surface area is 183 Å². The maximum atomic E-state index is 12.5. The number of sulfonamides is 1. The molecule has 2 aromatic rings. The first kappa shape index (κ1) is 24.3. The molecule has 1 atom stereocenters. The van der Waals surface area contributed by atoms with E-state index in [0.717, 1.165) is 28.1 Å². The standard InChI is InChI=1S/C22H29N3O5S/c1-5-21(18-12-11-16(2)17(3)14-18)23-22(26)10-7-13-24(31(4,29)30)19-8-6-9-20(15-19)25(27)28/h6,8-9,11-12,14-15,21H,5,7,10,13H2,1-4H3,(H,23,26). The highest BCUT2D eigenvalue weighted by Crippen LogP contribution is 2.24. The lowest BCUT2D eigenvalue weighted by atomic mass is 9.99. The molecule has 0 bridgehead atoms. The first-order chi connectivity index (χ1) is 14.5. The fraction of sp³-hybridized carbons (Fsp3) is 0.409. The van der Waals surface area contributed by atoms with Crippen LogP contribution in [0.3, 0.4) is 0 Å². The molecule has 0 radical (unpaired) electrons. The van der Waals surface area contributed by atoms with Crippen LogP contribution >= 0.6 is 0 Å². The van der Waals surface area contributed by atoms with Gasteiger partial charge in [-0.2, -0.15) is 0 Å². The second-order valence-electron chi connectivity index (χ2n) is 7.59. The molecule has 0 saturated carbocycles. The minimum Gasteiger partial charge on any atom is -0.349 e. The lowest BCUT2D eigenvalue weighted by Gasteiger charge is -2.23. The Morgan fingerprint density at radius 1 is 1.16 bits per heavy atom. The average molecular weight is 448 g/mol.